The van der Waals surface area contributed by atoms with E-state index in [2.05, 4.69) is 10.9 Å². The van der Waals surface area contributed by atoms with E-state index in [9.17, 15) is 12.8 Å². The molecule has 0 radical (unpaired) electrons. The van der Waals surface area contributed by atoms with Gasteiger partial charge in [0.1, 0.15) is 16.5 Å². The van der Waals surface area contributed by atoms with Crippen LogP contribution >= 0.6 is 0 Å². The number of benzene rings is 2. The molecule has 3 atom stereocenters. The molecule has 3 unspecified atom stereocenters. The van der Waals surface area contributed by atoms with Crippen molar-refractivity contribution in [1.82, 2.24) is 15.2 Å². The Kier molecular flexibility index (Phi) is 5.13. The molecule has 2 aromatic rings. The number of nitrogens with one attached hydrogen (secondary N) is 2. The second kappa shape index (κ2) is 7.44. The van der Waals surface area contributed by atoms with Crippen molar-refractivity contribution in [2.75, 3.05) is 20.2 Å². The molecule has 150 valence electrons. The summed E-state index contributed by atoms with van der Waals surface area (Å²) in [6.07, 6.45) is 0.649. The highest BCUT2D eigenvalue weighted by molar-refractivity contribution is 7.89. The summed E-state index contributed by atoms with van der Waals surface area (Å²) in [6.45, 7) is 2.56. The third kappa shape index (κ3) is 3.30. The number of fused-ring (bicyclic) bond motifs is 1. The average Bonchev–Trinajstić information content (AvgIpc) is 3.11. The number of rotatable bonds is 4. The van der Waals surface area contributed by atoms with E-state index in [-0.39, 0.29) is 28.7 Å². The van der Waals surface area contributed by atoms with E-state index in [4.69, 9.17) is 4.74 Å². The molecule has 2 aliphatic rings. The molecule has 0 amide bonds. The van der Waals surface area contributed by atoms with Crippen molar-refractivity contribution < 1.29 is 17.5 Å². The summed E-state index contributed by atoms with van der Waals surface area (Å²) in [5.41, 5.74) is 7.78. The third-order valence-electron chi connectivity index (χ3n) is 5.65. The SMILES string of the molecule is COc1ccc(C)cc1S(=O)(=O)N1CCC2NNC(c3ccccc3F)C2C1. The fourth-order valence-corrected chi connectivity index (χ4v) is 5.88. The van der Waals surface area contributed by atoms with Gasteiger partial charge in [0.25, 0.3) is 0 Å². The summed E-state index contributed by atoms with van der Waals surface area (Å²) < 4.78 is 47.8. The minimum Gasteiger partial charge on any atom is -0.495 e. The second-order valence-corrected chi connectivity index (χ2v) is 9.27. The van der Waals surface area contributed by atoms with Crippen molar-refractivity contribution >= 4 is 10.0 Å². The summed E-state index contributed by atoms with van der Waals surface area (Å²) in [6, 6.07) is 11.6. The van der Waals surface area contributed by atoms with Crippen LogP contribution in [0.4, 0.5) is 4.39 Å². The minimum absolute atomic E-state index is 0.0729. The lowest BCUT2D eigenvalue weighted by molar-refractivity contribution is 0.233. The number of halogens is 1. The molecule has 2 aliphatic heterocycles. The minimum atomic E-state index is -3.72. The lowest BCUT2D eigenvalue weighted by atomic mass is 9.86. The molecule has 6 nitrogen and oxygen atoms in total. The maximum absolute atomic E-state index is 14.3. The molecule has 0 aromatic heterocycles. The van der Waals surface area contributed by atoms with Crippen LogP contribution < -0.4 is 15.6 Å². The maximum Gasteiger partial charge on any atom is 0.246 e. The molecule has 0 bridgehead atoms. The van der Waals surface area contributed by atoms with E-state index in [0.717, 1.165) is 5.56 Å². The van der Waals surface area contributed by atoms with Gasteiger partial charge in [-0.3, -0.25) is 5.43 Å². The van der Waals surface area contributed by atoms with Crippen LogP contribution in [-0.4, -0.2) is 39.0 Å². The first-order valence-corrected chi connectivity index (χ1v) is 10.8. The van der Waals surface area contributed by atoms with Gasteiger partial charge < -0.3 is 4.74 Å². The van der Waals surface area contributed by atoms with Crippen LogP contribution in [0.2, 0.25) is 0 Å². The van der Waals surface area contributed by atoms with Crippen LogP contribution in [-0.2, 0) is 10.0 Å². The molecule has 4 rings (SSSR count). The number of piperidine rings is 1. The van der Waals surface area contributed by atoms with E-state index < -0.39 is 10.0 Å². The highest BCUT2D eigenvalue weighted by Crippen LogP contribution is 2.37. The Morgan fingerprint density at radius 1 is 1.18 bits per heavy atom. The fraction of sp³-hybridized carbons (Fsp3) is 0.400. The van der Waals surface area contributed by atoms with E-state index in [0.29, 0.717) is 30.8 Å². The van der Waals surface area contributed by atoms with Crippen molar-refractivity contribution in [2.45, 2.75) is 30.3 Å². The van der Waals surface area contributed by atoms with Gasteiger partial charge >= 0.3 is 0 Å². The van der Waals surface area contributed by atoms with Gasteiger partial charge in [0.15, 0.2) is 0 Å². The van der Waals surface area contributed by atoms with Crippen LogP contribution in [0.25, 0.3) is 0 Å². The Labute approximate surface area is 164 Å². The van der Waals surface area contributed by atoms with Crippen LogP contribution in [0.5, 0.6) is 5.75 Å². The highest BCUT2D eigenvalue weighted by Gasteiger charge is 2.44. The lowest BCUT2D eigenvalue weighted by Crippen LogP contribution is -2.47. The summed E-state index contributed by atoms with van der Waals surface area (Å²) in [5, 5.41) is 0. The number of aryl methyl sites for hydroxylation is 1. The van der Waals surface area contributed by atoms with E-state index in [1.54, 1.807) is 30.3 Å². The molecular formula is C20H24FN3O3S. The van der Waals surface area contributed by atoms with Crippen molar-refractivity contribution in [2.24, 2.45) is 5.92 Å². The first-order valence-electron chi connectivity index (χ1n) is 9.32. The zero-order valence-electron chi connectivity index (χ0n) is 15.9. The Morgan fingerprint density at radius 2 is 1.96 bits per heavy atom. The normalized spacial score (nSPS) is 25.5. The number of sulfonamides is 1. The molecule has 2 aromatic carbocycles. The smallest absolute Gasteiger partial charge is 0.246 e. The van der Waals surface area contributed by atoms with Crippen molar-refractivity contribution in [3.63, 3.8) is 0 Å². The second-order valence-electron chi connectivity index (χ2n) is 7.36. The fourth-order valence-electron chi connectivity index (χ4n) is 4.15. The standard InChI is InChI=1S/C20H24FN3O3S/c1-13-7-8-18(27-2)19(11-13)28(25,26)24-10-9-17-15(12-24)20(23-22-17)14-5-3-4-6-16(14)21/h3-8,11,15,17,20,22-23H,9-10,12H2,1-2H3. The molecular weight excluding hydrogens is 381 g/mol. The van der Waals surface area contributed by atoms with Crippen LogP contribution in [0.15, 0.2) is 47.4 Å². The van der Waals surface area contributed by atoms with E-state index >= 15 is 0 Å². The van der Waals surface area contributed by atoms with E-state index in [1.807, 2.05) is 13.0 Å². The van der Waals surface area contributed by atoms with Crippen molar-refractivity contribution in [1.29, 1.82) is 0 Å². The number of hydrogen-bond donors (Lipinski definition) is 2. The average molecular weight is 405 g/mol. The maximum atomic E-state index is 14.3. The number of hydrogen-bond acceptors (Lipinski definition) is 5. The molecule has 2 heterocycles. The predicted octanol–water partition coefficient (Wildman–Crippen LogP) is 2.37. The summed E-state index contributed by atoms with van der Waals surface area (Å²) in [4.78, 5) is 0.176. The van der Waals surface area contributed by atoms with Gasteiger partial charge in [-0.15, -0.1) is 0 Å². The Morgan fingerprint density at radius 3 is 2.71 bits per heavy atom. The third-order valence-corrected chi connectivity index (χ3v) is 7.54. The van der Waals surface area contributed by atoms with Crippen molar-refractivity contribution in [3.05, 3.63) is 59.4 Å². The van der Waals surface area contributed by atoms with Gasteiger partial charge in [-0.05, 0) is 37.1 Å². The van der Waals surface area contributed by atoms with Gasteiger partial charge in [-0.2, -0.15) is 4.31 Å². The Bertz CT molecular complexity index is 982. The van der Waals surface area contributed by atoms with Crippen molar-refractivity contribution in [3.8, 4) is 5.75 Å². The quantitative estimate of drug-likeness (QED) is 0.817. The largest absolute Gasteiger partial charge is 0.495 e. The molecule has 2 N–H and O–H groups in total. The monoisotopic (exact) mass is 405 g/mol. The first kappa shape index (κ1) is 19.3. The summed E-state index contributed by atoms with van der Waals surface area (Å²) in [7, 11) is -2.26. The van der Waals surface area contributed by atoms with Crippen LogP contribution in [0.1, 0.15) is 23.6 Å². The number of hydrazine groups is 1. The van der Waals surface area contributed by atoms with Crippen LogP contribution in [0, 0.1) is 18.7 Å². The zero-order chi connectivity index (χ0) is 19.9. The highest BCUT2D eigenvalue weighted by atomic mass is 32.2. The summed E-state index contributed by atoms with van der Waals surface area (Å²) in [5.74, 6) is -0.0277. The number of ether oxygens (including phenoxy) is 1. The molecule has 2 saturated heterocycles. The van der Waals surface area contributed by atoms with Gasteiger partial charge in [0.2, 0.25) is 10.0 Å². The van der Waals surface area contributed by atoms with Crippen LogP contribution in [0.3, 0.4) is 0 Å². The number of methoxy groups -OCH3 is 1. The summed E-state index contributed by atoms with van der Waals surface area (Å²) >= 11 is 0. The van der Waals surface area contributed by atoms with Gasteiger partial charge in [0.05, 0.1) is 13.2 Å². The van der Waals surface area contributed by atoms with E-state index in [1.165, 1.54) is 17.5 Å². The predicted molar refractivity (Wildman–Crippen MR) is 104 cm³/mol. The molecule has 0 aliphatic carbocycles. The number of nitrogens with zero attached hydrogens (tertiary/aromatic N) is 1. The Balaban J connectivity index is 1.64. The molecule has 0 spiro atoms. The topological polar surface area (TPSA) is 70.7 Å². The Hall–Kier alpha value is -2.00. The first-order chi connectivity index (χ1) is 13.4. The molecule has 8 heteroatoms. The lowest BCUT2D eigenvalue weighted by Gasteiger charge is -2.35. The van der Waals surface area contributed by atoms with Gasteiger partial charge in [0, 0.05) is 30.6 Å². The molecule has 0 saturated carbocycles. The zero-order valence-corrected chi connectivity index (χ0v) is 16.7. The van der Waals surface area contributed by atoms with Gasteiger partial charge in [-0.1, -0.05) is 24.3 Å². The molecule has 28 heavy (non-hydrogen) atoms. The molecule has 2 fully saturated rings. The van der Waals surface area contributed by atoms with Gasteiger partial charge in [-0.25, -0.2) is 18.2 Å².